The van der Waals surface area contributed by atoms with Crippen molar-refractivity contribution in [2.45, 2.75) is 24.8 Å². The molecule has 1 atom stereocenters. The first-order valence-corrected chi connectivity index (χ1v) is 12.8. The summed E-state index contributed by atoms with van der Waals surface area (Å²) in [6, 6.07) is 12.9. The summed E-state index contributed by atoms with van der Waals surface area (Å²) >= 11 is 6.24. The van der Waals surface area contributed by atoms with Gasteiger partial charge in [-0.25, -0.2) is 17.9 Å². The van der Waals surface area contributed by atoms with E-state index in [1.807, 2.05) is 30.3 Å². The Morgan fingerprint density at radius 2 is 1.71 bits per heavy atom. The first-order chi connectivity index (χ1) is 16.2. The van der Waals surface area contributed by atoms with Crippen LogP contribution in [0.15, 0.2) is 53.4 Å². The van der Waals surface area contributed by atoms with Crippen LogP contribution in [0.1, 0.15) is 25.5 Å². The molecule has 0 spiro atoms. The number of ether oxygens (including phenoxy) is 2. The highest BCUT2D eigenvalue weighted by atomic mass is 35.5. The zero-order chi connectivity index (χ0) is 24.7. The molecule has 9 nitrogen and oxygen atoms in total. The van der Waals surface area contributed by atoms with Crippen molar-refractivity contribution in [2.24, 2.45) is 0 Å². The summed E-state index contributed by atoms with van der Waals surface area (Å²) in [4.78, 5) is 27.4. The fourth-order valence-corrected chi connectivity index (χ4v) is 5.02. The van der Waals surface area contributed by atoms with Gasteiger partial charge in [0.15, 0.2) is 6.61 Å². The van der Waals surface area contributed by atoms with Crippen LogP contribution < -0.4 is 9.46 Å². The Balaban J connectivity index is 1.55. The molecular weight excluding hydrogens is 482 g/mol. The highest BCUT2D eigenvalue weighted by molar-refractivity contribution is 7.89. The first kappa shape index (κ1) is 25.8. The van der Waals surface area contributed by atoms with E-state index in [1.54, 1.807) is 23.6 Å². The van der Waals surface area contributed by atoms with Crippen LogP contribution in [0.4, 0.5) is 4.79 Å². The average Bonchev–Trinajstić information content (AvgIpc) is 2.83. The van der Waals surface area contributed by atoms with Crippen molar-refractivity contribution < 1.29 is 27.5 Å². The molecule has 0 radical (unpaired) electrons. The molecule has 1 heterocycles. The lowest BCUT2D eigenvalue weighted by Crippen LogP contribution is -2.51. The number of nitrogens with one attached hydrogen (secondary N) is 1. The largest absolute Gasteiger partial charge is 0.482 e. The number of halogens is 1. The van der Waals surface area contributed by atoms with Gasteiger partial charge in [0.2, 0.25) is 10.0 Å². The van der Waals surface area contributed by atoms with Gasteiger partial charge < -0.3 is 19.3 Å². The predicted molar refractivity (Wildman–Crippen MR) is 127 cm³/mol. The molecule has 184 valence electrons. The number of sulfonamides is 1. The van der Waals surface area contributed by atoms with E-state index >= 15 is 0 Å². The van der Waals surface area contributed by atoms with Crippen molar-refractivity contribution >= 4 is 33.6 Å². The van der Waals surface area contributed by atoms with Crippen LogP contribution in [-0.2, 0) is 19.6 Å². The molecule has 3 rings (SSSR count). The molecule has 0 aromatic heterocycles. The Morgan fingerprint density at radius 3 is 2.32 bits per heavy atom. The van der Waals surface area contributed by atoms with Crippen molar-refractivity contribution in [1.29, 1.82) is 0 Å². The topological polar surface area (TPSA) is 105 Å². The summed E-state index contributed by atoms with van der Waals surface area (Å²) in [5.74, 6) is -0.0511. The molecule has 2 amide bonds. The van der Waals surface area contributed by atoms with Gasteiger partial charge in [0.05, 0.1) is 16.5 Å². The number of rotatable bonds is 8. The second kappa shape index (κ2) is 11.5. The van der Waals surface area contributed by atoms with Crippen molar-refractivity contribution in [2.75, 3.05) is 39.4 Å². The molecule has 1 aliphatic rings. The van der Waals surface area contributed by atoms with Gasteiger partial charge in [0, 0.05) is 32.2 Å². The number of benzene rings is 2. The lowest BCUT2D eigenvalue weighted by Gasteiger charge is -2.34. The zero-order valence-electron chi connectivity index (χ0n) is 19.1. The Hall–Kier alpha value is -2.82. The molecule has 0 aliphatic carbocycles. The summed E-state index contributed by atoms with van der Waals surface area (Å²) in [5.41, 5.74) is 0.832. The van der Waals surface area contributed by atoms with E-state index in [0.717, 1.165) is 5.56 Å². The smallest absolute Gasteiger partial charge is 0.409 e. The number of carbonyl (C=O) groups excluding carboxylic acids is 2. The number of amides is 2. The minimum atomic E-state index is -3.82. The molecule has 1 saturated heterocycles. The number of piperazine rings is 1. The Morgan fingerprint density at radius 1 is 1.06 bits per heavy atom. The number of carbonyl (C=O) groups is 2. The lowest BCUT2D eigenvalue weighted by atomic mass is 10.1. The van der Waals surface area contributed by atoms with Gasteiger partial charge >= 0.3 is 6.09 Å². The Labute approximate surface area is 204 Å². The third-order valence-corrected chi connectivity index (χ3v) is 7.19. The van der Waals surface area contributed by atoms with Crippen LogP contribution in [0, 0.1) is 0 Å². The predicted octanol–water partition coefficient (Wildman–Crippen LogP) is 3.06. The van der Waals surface area contributed by atoms with E-state index in [2.05, 4.69) is 4.72 Å². The van der Waals surface area contributed by atoms with E-state index in [0.29, 0.717) is 32.8 Å². The van der Waals surface area contributed by atoms with Crippen LogP contribution in [0.25, 0.3) is 0 Å². The number of nitrogens with zero attached hydrogens (tertiary/aromatic N) is 2. The van der Waals surface area contributed by atoms with Crippen molar-refractivity contribution in [3.63, 3.8) is 0 Å². The molecule has 34 heavy (non-hydrogen) atoms. The van der Waals surface area contributed by atoms with Gasteiger partial charge in [0.25, 0.3) is 5.91 Å². The summed E-state index contributed by atoms with van der Waals surface area (Å²) < 4.78 is 38.7. The first-order valence-electron chi connectivity index (χ1n) is 10.9. The maximum absolute atomic E-state index is 12.8. The Kier molecular flexibility index (Phi) is 8.76. The molecule has 0 unspecified atom stereocenters. The molecular formula is C23H28ClN3O6S. The highest BCUT2D eigenvalue weighted by Gasteiger charge is 2.25. The monoisotopic (exact) mass is 509 g/mol. The minimum Gasteiger partial charge on any atom is -0.482 e. The molecule has 11 heteroatoms. The average molecular weight is 510 g/mol. The van der Waals surface area contributed by atoms with Gasteiger partial charge in [-0.1, -0.05) is 41.9 Å². The third kappa shape index (κ3) is 6.62. The van der Waals surface area contributed by atoms with E-state index < -0.39 is 16.1 Å². The highest BCUT2D eigenvalue weighted by Crippen LogP contribution is 2.28. The molecule has 1 aliphatic heterocycles. The van der Waals surface area contributed by atoms with E-state index in [9.17, 15) is 18.0 Å². The van der Waals surface area contributed by atoms with E-state index in [-0.39, 0.29) is 34.3 Å². The standard InChI is InChI=1S/C23H28ClN3O6S/c1-3-32-23(29)27-13-11-26(12-14-27)22(28)16-33-21-10-9-19(15-20(21)24)34(30,31)25-17(2)18-7-5-4-6-8-18/h4-10,15,17,25H,3,11-14,16H2,1-2H3/t17-/m1/s1. The minimum absolute atomic E-state index is 0.00551. The van der Waals surface area contributed by atoms with E-state index in [4.69, 9.17) is 21.1 Å². The van der Waals surface area contributed by atoms with Crippen LogP contribution in [-0.4, -0.2) is 69.6 Å². The second-order valence-corrected chi connectivity index (χ2v) is 9.82. The van der Waals surface area contributed by atoms with Gasteiger partial charge in [-0.2, -0.15) is 0 Å². The summed E-state index contributed by atoms with van der Waals surface area (Å²) in [5, 5.41) is 0.0789. The maximum Gasteiger partial charge on any atom is 0.409 e. The molecule has 0 saturated carbocycles. The van der Waals surface area contributed by atoms with Gasteiger partial charge in [-0.3, -0.25) is 4.79 Å². The summed E-state index contributed by atoms with van der Waals surface area (Å²) in [6.07, 6.45) is -0.389. The van der Waals surface area contributed by atoms with Crippen molar-refractivity contribution in [3.05, 3.63) is 59.1 Å². The summed E-state index contributed by atoms with van der Waals surface area (Å²) in [6.45, 7) is 5.05. The van der Waals surface area contributed by atoms with Crippen LogP contribution in [0.5, 0.6) is 5.75 Å². The molecule has 2 aromatic carbocycles. The normalized spacial score (nSPS) is 15.0. The van der Waals surface area contributed by atoms with Gasteiger partial charge in [-0.15, -0.1) is 0 Å². The second-order valence-electron chi connectivity index (χ2n) is 7.70. The summed E-state index contributed by atoms with van der Waals surface area (Å²) in [7, 11) is -3.82. The molecule has 1 N–H and O–H groups in total. The SMILES string of the molecule is CCOC(=O)N1CCN(C(=O)COc2ccc(S(=O)(=O)N[C@H](C)c3ccccc3)cc2Cl)CC1. The van der Waals surface area contributed by atoms with Gasteiger partial charge in [-0.05, 0) is 37.6 Å². The molecule has 2 aromatic rings. The van der Waals surface area contributed by atoms with Gasteiger partial charge in [0.1, 0.15) is 5.75 Å². The fraction of sp³-hybridized carbons (Fsp3) is 0.391. The quantitative estimate of drug-likeness (QED) is 0.586. The molecule has 0 bridgehead atoms. The third-order valence-electron chi connectivity index (χ3n) is 5.35. The molecule has 1 fully saturated rings. The maximum atomic E-state index is 12.8. The van der Waals surface area contributed by atoms with Crippen LogP contribution in [0.2, 0.25) is 5.02 Å². The number of hydrogen-bond donors (Lipinski definition) is 1. The Bertz CT molecular complexity index is 1100. The van der Waals surface area contributed by atoms with Crippen molar-refractivity contribution in [1.82, 2.24) is 14.5 Å². The zero-order valence-corrected chi connectivity index (χ0v) is 20.6. The lowest BCUT2D eigenvalue weighted by molar-refractivity contribution is -0.134. The van der Waals surface area contributed by atoms with E-state index in [1.165, 1.54) is 18.2 Å². The number of hydrogen-bond acceptors (Lipinski definition) is 6. The van der Waals surface area contributed by atoms with Crippen LogP contribution in [0.3, 0.4) is 0 Å². The van der Waals surface area contributed by atoms with Crippen molar-refractivity contribution in [3.8, 4) is 5.75 Å². The fourth-order valence-electron chi connectivity index (χ4n) is 3.46. The van der Waals surface area contributed by atoms with Crippen LogP contribution >= 0.6 is 11.6 Å².